The van der Waals surface area contributed by atoms with Crippen LogP contribution in [-0.4, -0.2) is 16.1 Å². The lowest BCUT2D eigenvalue weighted by atomic mass is 10.2. The highest BCUT2D eigenvalue weighted by Crippen LogP contribution is 2.31. The molecule has 0 fully saturated rings. The smallest absolute Gasteiger partial charge is 0.385 e. The molecule has 70 valence electrons. The molecule has 0 aliphatic carbocycles. The van der Waals surface area contributed by atoms with Gasteiger partial charge in [-0.3, -0.25) is 4.98 Å². The predicted octanol–water partition coefficient (Wildman–Crippen LogP) is 2.02. The van der Waals surface area contributed by atoms with Crippen molar-refractivity contribution in [3.63, 3.8) is 0 Å². The topological polar surface area (TPSA) is 50.2 Å². The highest BCUT2D eigenvalue weighted by atomic mass is 79.9. The molecule has 1 aromatic heterocycles. The first-order valence-electron chi connectivity index (χ1n) is 3.18. The Kier molecular flexibility index (Phi) is 2.60. The lowest BCUT2D eigenvalue weighted by molar-refractivity contribution is -0.167. The van der Waals surface area contributed by atoms with Crippen molar-refractivity contribution in [2.45, 2.75) is 5.92 Å². The van der Waals surface area contributed by atoms with Gasteiger partial charge in [0, 0.05) is 10.7 Å². The second-order valence-electron chi connectivity index (χ2n) is 2.21. The summed E-state index contributed by atoms with van der Waals surface area (Å²) in [7, 11) is 0. The first-order chi connectivity index (χ1) is 5.96. The first kappa shape index (κ1) is 10.0. The summed E-state index contributed by atoms with van der Waals surface area (Å²) in [6, 6.07) is 2.73. The van der Waals surface area contributed by atoms with Crippen molar-refractivity contribution < 1.29 is 18.7 Å². The van der Waals surface area contributed by atoms with Gasteiger partial charge in [-0.25, -0.2) is 4.79 Å². The van der Waals surface area contributed by atoms with Gasteiger partial charge in [-0.2, -0.15) is 8.78 Å². The molecule has 0 unspecified atom stereocenters. The SMILES string of the molecule is O=C(O)C(F)(F)c1ncccc1Br. The van der Waals surface area contributed by atoms with Gasteiger partial charge in [0.25, 0.3) is 0 Å². The number of nitrogens with zero attached hydrogens (tertiary/aromatic N) is 1. The van der Waals surface area contributed by atoms with Crippen molar-refractivity contribution in [1.29, 1.82) is 0 Å². The highest BCUT2D eigenvalue weighted by molar-refractivity contribution is 9.10. The average molecular weight is 252 g/mol. The number of hydrogen-bond acceptors (Lipinski definition) is 2. The lowest BCUT2D eigenvalue weighted by Crippen LogP contribution is -2.26. The Hall–Kier alpha value is -1.04. The van der Waals surface area contributed by atoms with Crippen LogP contribution < -0.4 is 0 Å². The van der Waals surface area contributed by atoms with Gasteiger partial charge >= 0.3 is 11.9 Å². The molecule has 0 aliphatic rings. The largest absolute Gasteiger partial charge is 0.476 e. The first-order valence-corrected chi connectivity index (χ1v) is 3.97. The van der Waals surface area contributed by atoms with E-state index < -0.39 is 17.6 Å². The van der Waals surface area contributed by atoms with Gasteiger partial charge in [-0.15, -0.1) is 0 Å². The number of hydrogen-bond donors (Lipinski definition) is 1. The van der Waals surface area contributed by atoms with Crippen molar-refractivity contribution in [1.82, 2.24) is 4.98 Å². The summed E-state index contributed by atoms with van der Waals surface area (Å²) in [6.07, 6.45) is 1.11. The van der Waals surface area contributed by atoms with Crippen molar-refractivity contribution >= 4 is 21.9 Å². The van der Waals surface area contributed by atoms with Crippen LogP contribution in [0.4, 0.5) is 8.78 Å². The number of pyridine rings is 1. The summed E-state index contributed by atoms with van der Waals surface area (Å²) in [6.45, 7) is 0. The number of aromatic nitrogens is 1. The van der Waals surface area contributed by atoms with Gasteiger partial charge in [0.1, 0.15) is 5.69 Å². The Balaban J connectivity index is 3.22. The Labute approximate surface area is 80.5 Å². The van der Waals surface area contributed by atoms with Crippen molar-refractivity contribution in [2.75, 3.05) is 0 Å². The molecule has 0 amide bonds. The van der Waals surface area contributed by atoms with Gasteiger partial charge in [0.15, 0.2) is 0 Å². The van der Waals surface area contributed by atoms with Gasteiger partial charge in [0.2, 0.25) is 0 Å². The second-order valence-corrected chi connectivity index (χ2v) is 3.07. The van der Waals surface area contributed by atoms with E-state index in [4.69, 9.17) is 5.11 Å². The second kappa shape index (κ2) is 3.37. The number of rotatable bonds is 2. The predicted molar refractivity (Wildman–Crippen MR) is 43.5 cm³/mol. The minimum atomic E-state index is -3.96. The molecule has 6 heteroatoms. The molecular formula is C7H4BrF2NO2. The maximum absolute atomic E-state index is 12.8. The third-order valence-corrected chi connectivity index (χ3v) is 1.96. The molecule has 0 saturated carbocycles. The van der Waals surface area contributed by atoms with E-state index in [-0.39, 0.29) is 4.47 Å². The van der Waals surface area contributed by atoms with Gasteiger partial charge in [-0.05, 0) is 28.1 Å². The van der Waals surface area contributed by atoms with Crippen LogP contribution in [0.2, 0.25) is 0 Å². The quantitative estimate of drug-likeness (QED) is 0.875. The van der Waals surface area contributed by atoms with Crippen LogP contribution in [0.5, 0.6) is 0 Å². The minimum absolute atomic E-state index is 0.0256. The van der Waals surface area contributed by atoms with E-state index in [2.05, 4.69) is 20.9 Å². The van der Waals surface area contributed by atoms with Crippen LogP contribution in [0.15, 0.2) is 22.8 Å². The molecule has 0 spiro atoms. The van der Waals surface area contributed by atoms with Crippen LogP contribution in [-0.2, 0) is 10.7 Å². The minimum Gasteiger partial charge on any atom is -0.476 e. The Morgan fingerprint density at radius 1 is 1.62 bits per heavy atom. The highest BCUT2D eigenvalue weighted by Gasteiger charge is 2.44. The number of carboxylic acid groups (broad SMARTS) is 1. The Morgan fingerprint density at radius 2 is 2.23 bits per heavy atom. The molecule has 0 radical (unpaired) electrons. The molecule has 0 saturated heterocycles. The zero-order chi connectivity index (χ0) is 10.1. The fraction of sp³-hybridized carbons (Fsp3) is 0.143. The van der Waals surface area contributed by atoms with Crippen LogP contribution >= 0.6 is 15.9 Å². The number of carbonyl (C=O) groups is 1. The summed E-state index contributed by atoms with van der Waals surface area (Å²) in [5.74, 6) is -6.17. The number of carboxylic acids is 1. The van der Waals surface area contributed by atoms with Crippen molar-refractivity contribution in [3.8, 4) is 0 Å². The summed E-state index contributed by atoms with van der Waals surface area (Å²) < 4.78 is 25.7. The molecular weight excluding hydrogens is 248 g/mol. The normalized spacial score (nSPS) is 11.3. The van der Waals surface area contributed by atoms with Crippen molar-refractivity contribution in [3.05, 3.63) is 28.5 Å². The summed E-state index contributed by atoms with van der Waals surface area (Å²) in [4.78, 5) is 13.5. The van der Waals surface area contributed by atoms with E-state index in [1.54, 1.807) is 0 Å². The molecule has 1 aromatic rings. The molecule has 1 rings (SSSR count). The van der Waals surface area contributed by atoms with E-state index in [9.17, 15) is 13.6 Å². The van der Waals surface area contributed by atoms with Crippen molar-refractivity contribution in [2.24, 2.45) is 0 Å². The average Bonchev–Trinajstić information content (AvgIpc) is 2.04. The Morgan fingerprint density at radius 3 is 2.69 bits per heavy atom. The standard InChI is InChI=1S/C7H4BrF2NO2/c8-4-2-1-3-11-5(4)7(9,10)6(12)13/h1-3H,(H,12,13). The van der Waals surface area contributed by atoms with Crippen LogP contribution in [0.3, 0.4) is 0 Å². The van der Waals surface area contributed by atoms with Crippen LogP contribution in [0.1, 0.15) is 5.69 Å². The molecule has 0 atom stereocenters. The van der Waals surface area contributed by atoms with E-state index in [0.29, 0.717) is 0 Å². The maximum atomic E-state index is 12.8. The fourth-order valence-electron chi connectivity index (χ4n) is 0.718. The zero-order valence-electron chi connectivity index (χ0n) is 6.17. The summed E-state index contributed by atoms with van der Waals surface area (Å²) in [5, 5.41) is 8.21. The van der Waals surface area contributed by atoms with E-state index >= 15 is 0 Å². The number of halogens is 3. The van der Waals surface area contributed by atoms with E-state index in [0.717, 1.165) is 6.20 Å². The molecule has 1 N–H and O–H groups in total. The molecule has 1 heterocycles. The monoisotopic (exact) mass is 251 g/mol. The summed E-state index contributed by atoms with van der Waals surface area (Å²) >= 11 is 2.79. The maximum Gasteiger partial charge on any atom is 0.385 e. The van der Waals surface area contributed by atoms with Gasteiger partial charge in [0.05, 0.1) is 0 Å². The van der Waals surface area contributed by atoms with Gasteiger partial charge < -0.3 is 5.11 Å². The van der Waals surface area contributed by atoms with Crippen LogP contribution in [0, 0.1) is 0 Å². The number of aliphatic carboxylic acids is 1. The summed E-state index contributed by atoms with van der Waals surface area (Å²) in [5.41, 5.74) is -0.789. The van der Waals surface area contributed by atoms with E-state index in [1.807, 2.05) is 0 Å². The molecule has 0 aromatic carbocycles. The van der Waals surface area contributed by atoms with Gasteiger partial charge in [-0.1, -0.05) is 0 Å². The lowest BCUT2D eigenvalue weighted by Gasteiger charge is -2.10. The number of alkyl halides is 2. The van der Waals surface area contributed by atoms with E-state index in [1.165, 1.54) is 12.1 Å². The molecule has 0 aliphatic heterocycles. The van der Waals surface area contributed by atoms with Crippen LogP contribution in [0.25, 0.3) is 0 Å². The molecule has 13 heavy (non-hydrogen) atoms. The fourth-order valence-corrected chi connectivity index (χ4v) is 1.22. The zero-order valence-corrected chi connectivity index (χ0v) is 7.75. The molecule has 3 nitrogen and oxygen atoms in total. The third kappa shape index (κ3) is 1.82. The molecule has 0 bridgehead atoms. The third-order valence-electron chi connectivity index (χ3n) is 1.32. The Bertz CT molecular complexity index is 343.